The van der Waals surface area contributed by atoms with Crippen molar-refractivity contribution in [3.8, 4) is 0 Å². The Morgan fingerprint density at radius 2 is 1.64 bits per heavy atom. The quantitative estimate of drug-likeness (QED) is 0.389. The largest absolute Gasteiger partial charge is 0.260 e. The number of nitrogens with zero attached hydrogens (tertiary/aromatic N) is 1. The lowest BCUT2D eigenvalue weighted by Crippen LogP contribution is -2.25. The van der Waals surface area contributed by atoms with Crippen LogP contribution in [0.3, 0.4) is 0 Å². The molecule has 3 heteroatoms. The maximum Gasteiger partial charge on any atom is 0.147 e. The molecule has 0 saturated heterocycles. The van der Waals surface area contributed by atoms with Crippen molar-refractivity contribution in [3.05, 3.63) is 41.2 Å². The summed E-state index contributed by atoms with van der Waals surface area (Å²) in [6.45, 7) is 5.75. The summed E-state index contributed by atoms with van der Waals surface area (Å²) in [6, 6.07) is 3.74. The van der Waals surface area contributed by atoms with Gasteiger partial charge in [0, 0.05) is 6.21 Å². The van der Waals surface area contributed by atoms with Gasteiger partial charge in [0.2, 0.25) is 0 Å². The summed E-state index contributed by atoms with van der Waals surface area (Å²) >= 11 is 6.18. The van der Waals surface area contributed by atoms with Crippen molar-refractivity contribution in [2.24, 2.45) is 22.7 Å². The van der Waals surface area contributed by atoms with E-state index < -0.39 is 0 Å². The molecule has 2 aliphatic carbocycles. The number of benzene rings is 1. The van der Waals surface area contributed by atoms with Crippen LogP contribution in [0.4, 0.5) is 10.1 Å². The van der Waals surface area contributed by atoms with Crippen molar-refractivity contribution >= 4 is 23.5 Å². The fourth-order valence-corrected chi connectivity index (χ4v) is 5.08. The molecular formula is C22H29ClFN. The van der Waals surface area contributed by atoms with Crippen LogP contribution in [0.25, 0.3) is 0 Å². The maximum absolute atomic E-state index is 14.7. The van der Waals surface area contributed by atoms with E-state index in [0.29, 0.717) is 11.6 Å². The van der Waals surface area contributed by atoms with Gasteiger partial charge < -0.3 is 0 Å². The first kappa shape index (κ1) is 18.6. The minimum Gasteiger partial charge on any atom is -0.260 e. The highest BCUT2D eigenvalue weighted by molar-refractivity contribution is 6.33. The van der Waals surface area contributed by atoms with E-state index in [0.717, 1.165) is 36.2 Å². The third-order valence-corrected chi connectivity index (χ3v) is 6.75. The average molecular weight is 362 g/mol. The first-order valence-electron chi connectivity index (χ1n) is 9.73. The van der Waals surface area contributed by atoms with Gasteiger partial charge in [-0.05, 0) is 93.6 Å². The van der Waals surface area contributed by atoms with Crippen molar-refractivity contribution in [2.45, 2.75) is 64.2 Å². The highest BCUT2D eigenvalue weighted by Gasteiger charge is 2.31. The molecule has 0 heterocycles. The van der Waals surface area contributed by atoms with Crippen LogP contribution in [0.1, 0.15) is 69.8 Å². The lowest BCUT2D eigenvalue weighted by Gasteiger charge is -2.37. The molecule has 0 radical (unpaired) electrons. The standard InChI is InChI=1S/C22H29ClFN/c1-3-15-5-7-16(8-6-15)17-9-11-18(12-10-17)19-13-14-20(25-4-2)21(23)22(19)24/h3-4,13-18H,1,5-12H2,2H3. The molecule has 0 spiro atoms. The first-order chi connectivity index (χ1) is 12.1. The van der Waals surface area contributed by atoms with E-state index in [1.165, 1.54) is 38.5 Å². The Hall–Kier alpha value is -1.15. The minimum absolute atomic E-state index is 0.167. The van der Waals surface area contributed by atoms with Gasteiger partial charge in [-0.25, -0.2) is 4.39 Å². The Bertz CT molecular complexity index is 623. The molecule has 2 aliphatic rings. The number of hydrogen-bond donors (Lipinski definition) is 0. The number of aliphatic imine (C=N–C) groups is 1. The third-order valence-electron chi connectivity index (χ3n) is 6.39. The molecule has 1 aromatic rings. The zero-order valence-electron chi connectivity index (χ0n) is 15.2. The average Bonchev–Trinajstić information content (AvgIpc) is 2.66. The lowest BCUT2D eigenvalue weighted by atomic mass is 9.68. The summed E-state index contributed by atoms with van der Waals surface area (Å²) < 4.78 is 14.7. The molecule has 0 amide bonds. The van der Waals surface area contributed by atoms with Gasteiger partial charge in [-0.2, -0.15) is 0 Å². The number of hydrogen-bond acceptors (Lipinski definition) is 1. The smallest absolute Gasteiger partial charge is 0.147 e. The Morgan fingerprint density at radius 1 is 1.04 bits per heavy atom. The van der Waals surface area contributed by atoms with Crippen LogP contribution in [0, 0.1) is 23.6 Å². The number of halogens is 2. The molecule has 2 fully saturated rings. The van der Waals surface area contributed by atoms with Crippen LogP contribution in [0.2, 0.25) is 5.02 Å². The molecule has 3 rings (SSSR count). The summed E-state index contributed by atoms with van der Waals surface area (Å²) in [5.41, 5.74) is 1.31. The predicted molar refractivity (Wildman–Crippen MR) is 106 cm³/mol. The zero-order chi connectivity index (χ0) is 17.8. The van der Waals surface area contributed by atoms with Crippen molar-refractivity contribution < 1.29 is 4.39 Å². The zero-order valence-corrected chi connectivity index (χ0v) is 15.9. The molecule has 0 aromatic heterocycles. The Kier molecular flexibility index (Phi) is 6.33. The predicted octanol–water partition coefficient (Wildman–Crippen LogP) is 7.47. The van der Waals surface area contributed by atoms with Crippen LogP contribution in [0.15, 0.2) is 29.8 Å². The molecule has 0 aliphatic heterocycles. The Morgan fingerprint density at radius 3 is 2.20 bits per heavy atom. The van der Waals surface area contributed by atoms with E-state index in [1.807, 2.05) is 19.1 Å². The van der Waals surface area contributed by atoms with E-state index in [2.05, 4.69) is 17.6 Å². The van der Waals surface area contributed by atoms with Gasteiger partial charge in [-0.3, -0.25) is 4.99 Å². The molecule has 2 saturated carbocycles. The van der Waals surface area contributed by atoms with E-state index >= 15 is 0 Å². The highest BCUT2D eigenvalue weighted by atomic mass is 35.5. The summed E-state index contributed by atoms with van der Waals surface area (Å²) in [5, 5.41) is 0.167. The molecule has 25 heavy (non-hydrogen) atoms. The SMILES string of the molecule is C=CC1CCC(C2CCC(c3ccc(N=CC)c(Cl)c3F)CC2)CC1. The molecule has 1 nitrogen and oxygen atoms in total. The minimum atomic E-state index is -0.264. The summed E-state index contributed by atoms with van der Waals surface area (Å²) in [7, 11) is 0. The van der Waals surface area contributed by atoms with Gasteiger partial charge in [0.25, 0.3) is 0 Å². The van der Waals surface area contributed by atoms with Crippen LogP contribution in [0.5, 0.6) is 0 Å². The fraction of sp³-hybridized carbons (Fsp3) is 0.591. The van der Waals surface area contributed by atoms with Gasteiger partial charge in [0.15, 0.2) is 0 Å². The molecule has 0 unspecified atom stereocenters. The van der Waals surface area contributed by atoms with Crippen LogP contribution in [-0.4, -0.2) is 6.21 Å². The normalized spacial score (nSPS) is 30.5. The topological polar surface area (TPSA) is 12.4 Å². The fourth-order valence-electron chi connectivity index (χ4n) is 4.86. The van der Waals surface area contributed by atoms with Gasteiger partial charge >= 0.3 is 0 Å². The van der Waals surface area contributed by atoms with Crippen molar-refractivity contribution in [2.75, 3.05) is 0 Å². The summed E-state index contributed by atoms with van der Waals surface area (Å²) in [6.07, 6.45) is 13.7. The lowest BCUT2D eigenvalue weighted by molar-refractivity contribution is 0.171. The van der Waals surface area contributed by atoms with Crippen molar-refractivity contribution in [1.29, 1.82) is 0 Å². The molecule has 0 N–H and O–H groups in total. The van der Waals surface area contributed by atoms with Crippen LogP contribution < -0.4 is 0 Å². The summed E-state index contributed by atoms with van der Waals surface area (Å²) in [5.74, 6) is 2.46. The van der Waals surface area contributed by atoms with Gasteiger partial charge in [-0.1, -0.05) is 23.7 Å². The second-order valence-corrected chi connectivity index (χ2v) is 8.09. The Labute approximate surface area is 156 Å². The third kappa shape index (κ3) is 4.16. The molecule has 1 aromatic carbocycles. The first-order valence-corrected chi connectivity index (χ1v) is 10.1. The van der Waals surface area contributed by atoms with Crippen molar-refractivity contribution in [1.82, 2.24) is 0 Å². The van der Waals surface area contributed by atoms with Gasteiger partial charge in [0.1, 0.15) is 10.8 Å². The number of rotatable bonds is 4. The second kappa shape index (κ2) is 8.49. The molecule has 136 valence electrons. The van der Waals surface area contributed by atoms with Crippen LogP contribution >= 0.6 is 11.6 Å². The molecule has 0 bridgehead atoms. The van der Waals surface area contributed by atoms with E-state index in [9.17, 15) is 4.39 Å². The van der Waals surface area contributed by atoms with Crippen LogP contribution in [-0.2, 0) is 0 Å². The molecule has 0 atom stereocenters. The maximum atomic E-state index is 14.7. The van der Waals surface area contributed by atoms with E-state index in [1.54, 1.807) is 6.21 Å². The molecular weight excluding hydrogens is 333 g/mol. The second-order valence-electron chi connectivity index (χ2n) is 7.71. The Balaban J connectivity index is 1.61. The van der Waals surface area contributed by atoms with E-state index in [-0.39, 0.29) is 10.8 Å². The highest BCUT2D eigenvalue weighted by Crippen LogP contribution is 2.45. The van der Waals surface area contributed by atoms with Gasteiger partial charge in [0.05, 0.1) is 5.69 Å². The van der Waals surface area contributed by atoms with Crippen molar-refractivity contribution in [3.63, 3.8) is 0 Å². The number of allylic oxidation sites excluding steroid dienone is 1. The monoisotopic (exact) mass is 361 g/mol. The van der Waals surface area contributed by atoms with E-state index in [4.69, 9.17) is 11.6 Å². The summed E-state index contributed by atoms with van der Waals surface area (Å²) in [4.78, 5) is 4.14. The van der Waals surface area contributed by atoms with Gasteiger partial charge in [-0.15, -0.1) is 6.58 Å².